The molecule has 0 aliphatic carbocycles. The zero-order valence-corrected chi connectivity index (χ0v) is 10.8. The average Bonchev–Trinajstić information content (AvgIpc) is 2.39. The Balaban J connectivity index is 2.37. The van der Waals surface area contributed by atoms with Gasteiger partial charge in [0.25, 0.3) is 0 Å². The van der Waals surface area contributed by atoms with E-state index in [1.54, 1.807) is 20.2 Å². The number of aryl methyl sites for hydroxylation is 1. The summed E-state index contributed by atoms with van der Waals surface area (Å²) >= 11 is 0. The van der Waals surface area contributed by atoms with Crippen LogP contribution in [-0.2, 0) is 5.60 Å². The number of ether oxygens (including phenoxy) is 1. The number of aromatic nitrogens is 1. The van der Waals surface area contributed by atoms with Crippen LogP contribution in [0.15, 0.2) is 42.6 Å². The monoisotopic (exact) mass is 243 g/mol. The van der Waals surface area contributed by atoms with E-state index in [4.69, 9.17) is 4.74 Å². The Kier molecular flexibility index (Phi) is 3.34. The van der Waals surface area contributed by atoms with E-state index in [2.05, 4.69) is 4.98 Å². The van der Waals surface area contributed by atoms with Gasteiger partial charge in [0, 0.05) is 17.5 Å². The van der Waals surface area contributed by atoms with Gasteiger partial charge in [-0.25, -0.2) is 0 Å². The molecule has 1 aromatic heterocycles. The van der Waals surface area contributed by atoms with Crippen LogP contribution in [0.25, 0.3) is 0 Å². The van der Waals surface area contributed by atoms with E-state index in [1.807, 2.05) is 43.3 Å². The molecule has 2 rings (SSSR count). The molecule has 18 heavy (non-hydrogen) atoms. The molecule has 1 aromatic carbocycles. The fraction of sp³-hybridized carbons (Fsp3) is 0.267. The van der Waals surface area contributed by atoms with Crippen LogP contribution in [0.1, 0.15) is 23.7 Å². The van der Waals surface area contributed by atoms with Crippen molar-refractivity contribution in [1.82, 2.24) is 4.98 Å². The minimum absolute atomic E-state index is 0.775. The van der Waals surface area contributed by atoms with Gasteiger partial charge >= 0.3 is 0 Å². The fourth-order valence-electron chi connectivity index (χ4n) is 1.84. The first-order chi connectivity index (χ1) is 8.54. The summed E-state index contributed by atoms with van der Waals surface area (Å²) in [5.41, 5.74) is 1.48. The summed E-state index contributed by atoms with van der Waals surface area (Å²) in [4.78, 5) is 4.22. The van der Waals surface area contributed by atoms with E-state index in [0.717, 1.165) is 22.6 Å². The van der Waals surface area contributed by atoms with Crippen molar-refractivity contribution < 1.29 is 9.84 Å². The van der Waals surface area contributed by atoms with Gasteiger partial charge in [-0.2, -0.15) is 0 Å². The van der Waals surface area contributed by atoms with E-state index in [-0.39, 0.29) is 0 Å². The molecule has 0 saturated carbocycles. The van der Waals surface area contributed by atoms with Crippen molar-refractivity contribution in [2.75, 3.05) is 7.11 Å². The molecule has 0 unspecified atom stereocenters. The highest BCUT2D eigenvalue weighted by Gasteiger charge is 2.25. The zero-order chi connectivity index (χ0) is 13.2. The Labute approximate surface area is 107 Å². The van der Waals surface area contributed by atoms with Gasteiger partial charge in [-0.3, -0.25) is 4.98 Å². The van der Waals surface area contributed by atoms with E-state index >= 15 is 0 Å². The third kappa shape index (κ3) is 2.36. The van der Waals surface area contributed by atoms with Crippen LogP contribution < -0.4 is 4.74 Å². The number of pyridine rings is 1. The number of nitrogens with zero attached hydrogens (tertiary/aromatic N) is 1. The van der Waals surface area contributed by atoms with E-state index in [0.29, 0.717) is 0 Å². The van der Waals surface area contributed by atoms with Gasteiger partial charge in [0.05, 0.1) is 7.11 Å². The second kappa shape index (κ2) is 4.78. The molecule has 3 nitrogen and oxygen atoms in total. The lowest BCUT2D eigenvalue weighted by atomic mass is 9.89. The summed E-state index contributed by atoms with van der Waals surface area (Å²) in [5.74, 6) is 0.775. The van der Waals surface area contributed by atoms with Crippen molar-refractivity contribution in [2.24, 2.45) is 0 Å². The number of aliphatic hydroxyl groups is 1. The van der Waals surface area contributed by atoms with Crippen molar-refractivity contribution >= 4 is 0 Å². The number of benzene rings is 1. The van der Waals surface area contributed by atoms with Gasteiger partial charge in [0.1, 0.15) is 11.4 Å². The van der Waals surface area contributed by atoms with Crippen LogP contribution >= 0.6 is 0 Å². The Morgan fingerprint density at radius 2 is 1.67 bits per heavy atom. The quantitative estimate of drug-likeness (QED) is 0.901. The molecule has 0 fully saturated rings. The van der Waals surface area contributed by atoms with Gasteiger partial charge < -0.3 is 9.84 Å². The SMILES string of the molecule is COc1ccc([C@@](C)(O)c2ccc(C)nc2)cc1. The highest BCUT2D eigenvalue weighted by Crippen LogP contribution is 2.29. The lowest BCUT2D eigenvalue weighted by molar-refractivity contribution is 0.102. The van der Waals surface area contributed by atoms with Crippen molar-refractivity contribution in [1.29, 1.82) is 0 Å². The molecule has 1 heterocycles. The van der Waals surface area contributed by atoms with Crippen LogP contribution in [0.2, 0.25) is 0 Å². The molecular formula is C15H17NO2. The summed E-state index contributed by atoms with van der Waals surface area (Å²) in [6, 6.07) is 11.2. The van der Waals surface area contributed by atoms with Crippen LogP contribution in [0.3, 0.4) is 0 Å². The van der Waals surface area contributed by atoms with Crippen molar-refractivity contribution in [3.05, 3.63) is 59.4 Å². The third-order valence-electron chi connectivity index (χ3n) is 3.13. The molecule has 2 aromatic rings. The molecule has 0 saturated heterocycles. The maximum Gasteiger partial charge on any atom is 0.118 e. The van der Waals surface area contributed by atoms with Crippen LogP contribution in [0.5, 0.6) is 5.75 Å². The standard InChI is InChI=1S/C15H17NO2/c1-11-4-5-13(10-16-11)15(2,17)12-6-8-14(18-3)9-7-12/h4-10,17H,1-3H3/t15-/m1/s1. The fourth-order valence-corrected chi connectivity index (χ4v) is 1.84. The Bertz CT molecular complexity index is 515. The van der Waals surface area contributed by atoms with E-state index in [1.165, 1.54) is 0 Å². The second-order valence-electron chi connectivity index (χ2n) is 4.49. The van der Waals surface area contributed by atoms with E-state index < -0.39 is 5.60 Å². The van der Waals surface area contributed by atoms with E-state index in [9.17, 15) is 5.11 Å². The van der Waals surface area contributed by atoms with Crippen molar-refractivity contribution in [2.45, 2.75) is 19.4 Å². The smallest absolute Gasteiger partial charge is 0.118 e. The molecule has 0 aliphatic rings. The summed E-state index contributed by atoms with van der Waals surface area (Å²) in [6.45, 7) is 3.69. The van der Waals surface area contributed by atoms with Crippen LogP contribution in [0.4, 0.5) is 0 Å². The number of hydrogen-bond donors (Lipinski definition) is 1. The highest BCUT2D eigenvalue weighted by molar-refractivity contribution is 5.37. The first-order valence-corrected chi connectivity index (χ1v) is 5.84. The molecule has 0 radical (unpaired) electrons. The normalized spacial score (nSPS) is 14.0. The lowest BCUT2D eigenvalue weighted by Gasteiger charge is -2.24. The average molecular weight is 243 g/mol. The number of rotatable bonds is 3. The van der Waals surface area contributed by atoms with Crippen LogP contribution in [-0.4, -0.2) is 17.2 Å². The lowest BCUT2D eigenvalue weighted by Crippen LogP contribution is -2.22. The minimum Gasteiger partial charge on any atom is -0.497 e. The first-order valence-electron chi connectivity index (χ1n) is 5.84. The molecule has 0 bridgehead atoms. The Hall–Kier alpha value is -1.87. The predicted octanol–water partition coefficient (Wildman–Crippen LogP) is 2.65. The topological polar surface area (TPSA) is 42.4 Å². The molecule has 94 valence electrons. The minimum atomic E-state index is -1.05. The summed E-state index contributed by atoms with van der Waals surface area (Å²) in [6.07, 6.45) is 1.71. The molecular weight excluding hydrogens is 226 g/mol. The van der Waals surface area contributed by atoms with Gasteiger partial charge in [-0.15, -0.1) is 0 Å². The first kappa shape index (κ1) is 12.6. The summed E-state index contributed by atoms with van der Waals surface area (Å²) in [7, 11) is 1.62. The zero-order valence-electron chi connectivity index (χ0n) is 10.8. The van der Waals surface area contributed by atoms with Gasteiger partial charge in [0.2, 0.25) is 0 Å². The molecule has 1 atom stereocenters. The van der Waals surface area contributed by atoms with Crippen LogP contribution in [0, 0.1) is 6.92 Å². The molecule has 0 amide bonds. The van der Waals surface area contributed by atoms with Crippen molar-refractivity contribution in [3.63, 3.8) is 0 Å². The molecule has 0 aliphatic heterocycles. The Morgan fingerprint density at radius 3 is 2.17 bits per heavy atom. The van der Waals surface area contributed by atoms with Gasteiger partial charge in [-0.1, -0.05) is 18.2 Å². The second-order valence-corrected chi connectivity index (χ2v) is 4.49. The van der Waals surface area contributed by atoms with Crippen molar-refractivity contribution in [3.8, 4) is 5.75 Å². The largest absolute Gasteiger partial charge is 0.497 e. The number of methoxy groups -OCH3 is 1. The maximum absolute atomic E-state index is 10.6. The van der Waals surface area contributed by atoms with Gasteiger partial charge in [-0.05, 0) is 37.6 Å². The number of hydrogen-bond acceptors (Lipinski definition) is 3. The highest BCUT2D eigenvalue weighted by atomic mass is 16.5. The summed E-state index contributed by atoms with van der Waals surface area (Å²) < 4.78 is 5.11. The maximum atomic E-state index is 10.6. The summed E-state index contributed by atoms with van der Waals surface area (Å²) in [5, 5.41) is 10.6. The molecule has 3 heteroatoms. The molecule has 1 N–H and O–H groups in total. The predicted molar refractivity (Wildman–Crippen MR) is 70.6 cm³/mol. The third-order valence-corrected chi connectivity index (χ3v) is 3.13. The van der Waals surface area contributed by atoms with Gasteiger partial charge in [0.15, 0.2) is 0 Å². The Morgan fingerprint density at radius 1 is 1.06 bits per heavy atom. The molecule has 0 spiro atoms.